The summed E-state index contributed by atoms with van der Waals surface area (Å²) >= 11 is 9.53. The van der Waals surface area contributed by atoms with Crippen molar-refractivity contribution in [1.82, 2.24) is 20.3 Å². The molecule has 9 rings (SSSR count). The van der Waals surface area contributed by atoms with Crippen molar-refractivity contribution in [3.05, 3.63) is 165 Å². The summed E-state index contributed by atoms with van der Waals surface area (Å²) in [6.45, 7) is 12.1. The fraction of sp³-hybridized carbons (Fsp3) is 0.231. The Labute approximate surface area is 422 Å². The Balaban J connectivity index is 0.000000213. The van der Waals surface area contributed by atoms with E-state index >= 15 is 0 Å². The van der Waals surface area contributed by atoms with Crippen LogP contribution in [0.2, 0.25) is 0 Å². The summed E-state index contributed by atoms with van der Waals surface area (Å²) in [5, 5.41) is 2.87. The van der Waals surface area contributed by atoms with Gasteiger partial charge in [-0.05, 0) is 124 Å². The molecule has 1 amide bonds. The number of hydrogen-bond acceptors (Lipinski definition) is 14. The molecule has 0 saturated heterocycles. The number of alkyl halides is 2. The lowest BCUT2D eigenvalue weighted by Gasteiger charge is -2.19. The Kier molecular flexibility index (Phi) is 23.3. The Morgan fingerprint density at radius 1 is 0.571 bits per heavy atom. The number of hydrogen-bond donors (Lipinski definition) is 3. The Morgan fingerprint density at radius 3 is 1.21 bits per heavy atom. The normalized spacial score (nSPS) is 10.4. The molecule has 0 aliphatic carbocycles. The number of halogens is 3. The summed E-state index contributed by atoms with van der Waals surface area (Å²) in [5.74, 6) is 4.34. The van der Waals surface area contributed by atoms with Gasteiger partial charge in [0.2, 0.25) is 0 Å². The van der Waals surface area contributed by atoms with Gasteiger partial charge in [-0.3, -0.25) is 15.0 Å². The van der Waals surface area contributed by atoms with E-state index in [2.05, 4.69) is 20.3 Å². The highest BCUT2D eigenvalue weighted by Crippen LogP contribution is 2.35. The second-order valence-corrected chi connectivity index (χ2v) is 16.1. The van der Waals surface area contributed by atoms with E-state index in [9.17, 15) is 4.79 Å². The predicted molar refractivity (Wildman–Crippen MR) is 274 cm³/mol. The predicted octanol–water partition coefficient (Wildman–Crippen LogP) is 13.6. The van der Waals surface area contributed by atoms with Crippen molar-refractivity contribution in [2.24, 2.45) is 11.5 Å². The summed E-state index contributed by atoms with van der Waals surface area (Å²) in [6.07, 6.45) is 20.0. The van der Waals surface area contributed by atoms with E-state index in [-0.39, 0.29) is 24.3 Å². The van der Waals surface area contributed by atoms with Crippen molar-refractivity contribution in [3.63, 3.8) is 0 Å². The Hall–Kier alpha value is -6.85. The molecule has 0 radical (unpaired) electrons. The van der Waals surface area contributed by atoms with Gasteiger partial charge in [0.1, 0.15) is 40.2 Å². The van der Waals surface area contributed by atoms with Crippen molar-refractivity contribution in [1.29, 1.82) is 0 Å². The molecule has 0 saturated carbocycles. The summed E-state index contributed by atoms with van der Waals surface area (Å²) in [5.41, 5.74) is 19.2. The Bertz CT molecular complexity index is 2700. The zero-order chi connectivity index (χ0) is 49.4. The number of aromatic nitrogens is 3. The SMILES string of the molecule is CC(C)(C)OC(=O)NCc1ccc(-c2cnccc2-c2ccoc2)o1.CCOCC.Cl.ClCCl.NCc1ccc(-c2cnccc2-c2ccoc2)o1.NCc1ccc(-c2cnccc2-c2ccoc2)o1. The van der Waals surface area contributed by atoms with Gasteiger partial charge >= 0.3 is 6.09 Å². The van der Waals surface area contributed by atoms with E-state index in [0.717, 1.165) is 86.3 Å². The maximum absolute atomic E-state index is 11.7. The van der Waals surface area contributed by atoms with Crippen LogP contribution in [0.3, 0.4) is 0 Å². The molecular weight excluding hydrogens is 959 g/mol. The molecule has 0 aromatic carbocycles. The second kappa shape index (κ2) is 29.2. The maximum Gasteiger partial charge on any atom is 0.408 e. The quantitative estimate of drug-likeness (QED) is 0.0970. The van der Waals surface area contributed by atoms with Gasteiger partial charge in [-0.1, -0.05) is 0 Å². The molecule has 9 aromatic rings. The van der Waals surface area contributed by atoms with Gasteiger partial charge in [-0.15, -0.1) is 35.6 Å². The minimum atomic E-state index is -0.534. The van der Waals surface area contributed by atoms with Crippen LogP contribution in [0.5, 0.6) is 0 Å². The molecule has 0 spiro atoms. The zero-order valence-corrected chi connectivity index (χ0v) is 41.8. The number of nitrogens with zero attached hydrogens (tertiary/aromatic N) is 3. The number of amides is 1. The molecule has 70 heavy (non-hydrogen) atoms. The van der Waals surface area contributed by atoms with Gasteiger partial charge in [0.05, 0.1) is 62.6 Å². The van der Waals surface area contributed by atoms with Crippen LogP contribution in [0.1, 0.15) is 51.9 Å². The van der Waals surface area contributed by atoms with Gasteiger partial charge in [-0.25, -0.2) is 4.79 Å². The molecule has 0 aliphatic heterocycles. The third-order valence-corrected chi connectivity index (χ3v) is 9.36. The number of nitrogens with one attached hydrogen (secondary N) is 1. The third-order valence-electron chi connectivity index (χ3n) is 9.36. The van der Waals surface area contributed by atoms with Crippen molar-refractivity contribution in [2.75, 3.05) is 18.6 Å². The average molecular weight is 1020 g/mol. The fourth-order valence-corrected chi connectivity index (χ4v) is 6.34. The Morgan fingerprint density at radius 2 is 0.929 bits per heavy atom. The van der Waals surface area contributed by atoms with E-state index in [1.807, 2.05) is 107 Å². The molecule has 9 heterocycles. The minimum absolute atomic E-state index is 0. The monoisotopic (exact) mass is 1010 g/mol. The molecule has 9 aromatic heterocycles. The molecule has 0 bridgehead atoms. The van der Waals surface area contributed by atoms with Crippen LogP contribution in [0.15, 0.2) is 174 Å². The molecule has 0 fully saturated rings. The number of ether oxygens (including phenoxy) is 2. The number of pyridine rings is 3. The van der Waals surface area contributed by atoms with E-state index < -0.39 is 11.7 Å². The van der Waals surface area contributed by atoms with Crippen molar-refractivity contribution in [3.8, 4) is 67.4 Å². The molecule has 370 valence electrons. The van der Waals surface area contributed by atoms with Gasteiger partial charge in [0, 0.05) is 83.8 Å². The number of carbonyl (C=O) groups is 1. The first-order valence-corrected chi connectivity index (χ1v) is 22.8. The van der Waals surface area contributed by atoms with Gasteiger partial charge < -0.3 is 52.8 Å². The number of furan rings is 6. The molecular formula is C52H57Cl3N6O9. The molecule has 0 aliphatic rings. The largest absolute Gasteiger partial charge is 0.472 e. The highest BCUT2D eigenvalue weighted by Gasteiger charge is 2.18. The lowest BCUT2D eigenvalue weighted by molar-refractivity contribution is 0.0520. The van der Waals surface area contributed by atoms with Crippen molar-refractivity contribution < 1.29 is 40.8 Å². The van der Waals surface area contributed by atoms with Crippen LogP contribution in [-0.4, -0.2) is 45.2 Å². The van der Waals surface area contributed by atoms with Crippen LogP contribution >= 0.6 is 35.6 Å². The maximum atomic E-state index is 11.7. The van der Waals surface area contributed by atoms with Crippen molar-refractivity contribution >= 4 is 41.7 Å². The first-order valence-electron chi connectivity index (χ1n) is 21.8. The smallest absolute Gasteiger partial charge is 0.408 e. The number of nitrogens with two attached hydrogens (primary N) is 2. The highest BCUT2D eigenvalue weighted by molar-refractivity contribution is 6.40. The summed E-state index contributed by atoms with van der Waals surface area (Å²) in [7, 11) is 0. The first kappa shape index (κ1) is 55.7. The van der Waals surface area contributed by atoms with Gasteiger partial charge in [0.15, 0.2) is 0 Å². The molecule has 18 heteroatoms. The molecule has 5 N–H and O–H groups in total. The zero-order valence-electron chi connectivity index (χ0n) is 39.4. The van der Waals surface area contributed by atoms with E-state index in [1.54, 1.807) is 74.8 Å². The fourth-order valence-electron chi connectivity index (χ4n) is 6.34. The lowest BCUT2D eigenvalue weighted by Crippen LogP contribution is -2.32. The average Bonchev–Trinajstić information content (AvgIpc) is 4.22. The minimum Gasteiger partial charge on any atom is -0.472 e. The number of rotatable bonds is 12. The van der Waals surface area contributed by atoms with E-state index in [1.165, 1.54) is 0 Å². The van der Waals surface area contributed by atoms with Crippen LogP contribution < -0.4 is 16.8 Å². The van der Waals surface area contributed by atoms with Gasteiger partial charge in [-0.2, -0.15) is 0 Å². The molecule has 15 nitrogen and oxygen atoms in total. The summed E-state index contributed by atoms with van der Waals surface area (Å²) < 4.78 is 42.6. The van der Waals surface area contributed by atoms with Crippen LogP contribution in [0.25, 0.3) is 67.4 Å². The summed E-state index contributed by atoms with van der Waals surface area (Å²) in [4.78, 5) is 24.2. The van der Waals surface area contributed by atoms with E-state index in [0.29, 0.717) is 24.6 Å². The first-order chi connectivity index (χ1) is 33.5. The number of carbonyl (C=O) groups excluding carboxylic acids is 1. The molecule has 0 unspecified atom stereocenters. The molecule has 0 atom stereocenters. The third kappa shape index (κ3) is 17.0. The lowest BCUT2D eigenvalue weighted by atomic mass is 10.0. The number of alkyl carbamates (subject to hydrolysis) is 1. The summed E-state index contributed by atoms with van der Waals surface area (Å²) in [6, 6.07) is 22.7. The topological polar surface area (TPSA) is 217 Å². The van der Waals surface area contributed by atoms with Crippen LogP contribution in [0.4, 0.5) is 4.79 Å². The van der Waals surface area contributed by atoms with E-state index in [4.69, 9.17) is 70.6 Å². The van der Waals surface area contributed by atoms with Gasteiger partial charge in [0.25, 0.3) is 0 Å². The van der Waals surface area contributed by atoms with Crippen molar-refractivity contribution in [2.45, 2.75) is 59.9 Å². The second-order valence-electron chi connectivity index (χ2n) is 15.2. The standard InChI is InChI=1S/C19H20N2O4.2C14H12N2O2.C4H10O.CH2Cl2.ClH/c1-19(2,3)25-18(22)21-10-14-4-5-17(24-14)16-11-20-8-6-15(16)13-7-9-23-12-13;2*15-7-11-1-2-14(18-11)13-8-16-5-3-12(13)10-4-6-17-9-10;1-3-5-4-2;2-1-3;/h4-9,11-12H,10H2,1-3H3,(H,21,22);2*1-6,8-9H,7,15H2;3-4H2,1-2H3;1H2;1H. The van der Waals surface area contributed by atoms with Crippen LogP contribution in [0, 0.1) is 0 Å². The van der Waals surface area contributed by atoms with Crippen LogP contribution in [-0.2, 0) is 29.1 Å². The highest BCUT2D eigenvalue weighted by atomic mass is 35.5.